The fraction of sp³-hybridized carbons (Fsp3) is 0.200. The van der Waals surface area contributed by atoms with Crippen molar-refractivity contribution in [2.45, 2.75) is 19.4 Å². The van der Waals surface area contributed by atoms with Gasteiger partial charge in [0.05, 0.1) is 11.6 Å². The molecule has 0 bridgehead atoms. The average molecular weight is 252 g/mol. The standard InChI is InChI=1S/C15H16N4/c1-10-7-8-17-15-13(10)18-14(19-15)12(16)9-11-5-3-2-4-6-11/h2-8,12H,9,16H2,1H3,(H,17,18,19). The molecule has 0 saturated heterocycles. The van der Waals surface area contributed by atoms with E-state index in [1.807, 2.05) is 31.2 Å². The molecule has 3 aromatic rings. The van der Waals surface area contributed by atoms with Crippen molar-refractivity contribution in [3.63, 3.8) is 0 Å². The van der Waals surface area contributed by atoms with Gasteiger partial charge in [-0.1, -0.05) is 30.3 Å². The number of pyridine rings is 1. The molecular formula is C15H16N4. The van der Waals surface area contributed by atoms with Crippen molar-refractivity contribution in [3.05, 3.63) is 59.5 Å². The number of nitrogens with one attached hydrogen (secondary N) is 1. The SMILES string of the molecule is Cc1ccnc2nc(C(N)Cc3ccccc3)[nH]c12. The summed E-state index contributed by atoms with van der Waals surface area (Å²) in [5.41, 5.74) is 10.3. The van der Waals surface area contributed by atoms with Crippen molar-refractivity contribution < 1.29 is 0 Å². The second-order valence-corrected chi connectivity index (χ2v) is 4.74. The number of aromatic nitrogens is 3. The predicted octanol–water partition coefficient (Wildman–Crippen LogP) is 2.51. The Morgan fingerprint density at radius 3 is 2.74 bits per heavy atom. The van der Waals surface area contributed by atoms with E-state index in [9.17, 15) is 0 Å². The third-order valence-electron chi connectivity index (χ3n) is 3.27. The van der Waals surface area contributed by atoms with Gasteiger partial charge in [-0.3, -0.25) is 0 Å². The van der Waals surface area contributed by atoms with E-state index in [4.69, 9.17) is 5.73 Å². The molecule has 0 fully saturated rings. The summed E-state index contributed by atoms with van der Waals surface area (Å²) in [4.78, 5) is 12.0. The van der Waals surface area contributed by atoms with Gasteiger partial charge in [-0.2, -0.15) is 0 Å². The normalized spacial score (nSPS) is 12.7. The van der Waals surface area contributed by atoms with Gasteiger partial charge in [0.2, 0.25) is 0 Å². The lowest BCUT2D eigenvalue weighted by Gasteiger charge is -2.08. The summed E-state index contributed by atoms with van der Waals surface area (Å²) in [5, 5.41) is 0. The third-order valence-corrected chi connectivity index (χ3v) is 3.27. The van der Waals surface area contributed by atoms with Crippen LogP contribution in [0.3, 0.4) is 0 Å². The van der Waals surface area contributed by atoms with E-state index in [1.165, 1.54) is 5.56 Å². The summed E-state index contributed by atoms with van der Waals surface area (Å²) in [6.45, 7) is 2.04. The summed E-state index contributed by atoms with van der Waals surface area (Å²) < 4.78 is 0. The Labute approximate surface area is 111 Å². The Morgan fingerprint density at radius 2 is 2.00 bits per heavy atom. The first-order chi connectivity index (χ1) is 9.24. The fourth-order valence-corrected chi connectivity index (χ4v) is 2.19. The van der Waals surface area contributed by atoms with Gasteiger partial charge < -0.3 is 10.7 Å². The van der Waals surface area contributed by atoms with Crippen molar-refractivity contribution in [2.75, 3.05) is 0 Å². The number of aromatic amines is 1. The van der Waals surface area contributed by atoms with Crippen molar-refractivity contribution >= 4 is 11.2 Å². The Bertz CT molecular complexity index is 688. The lowest BCUT2D eigenvalue weighted by atomic mass is 10.1. The maximum atomic E-state index is 6.22. The highest BCUT2D eigenvalue weighted by atomic mass is 15.0. The minimum atomic E-state index is -0.143. The number of rotatable bonds is 3. The van der Waals surface area contributed by atoms with E-state index in [2.05, 4.69) is 27.1 Å². The molecule has 2 aromatic heterocycles. The number of benzene rings is 1. The van der Waals surface area contributed by atoms with Crippen LogP contribution in [0.25, 0.3) is 11.2 Å². The predicted molar refractivity (Wildman–Crippen MR) is 75.7 cm³/mol. The fourth-order valence-electron chi connectivity index (χ4n) is 2.19. The van der Waals surface area contributed by atoms with E-state index < -0.39 is 0 Å². The minimum absolute atomic E-state index is 0.143. The molecule has 2 heterocycles. The van der Waals surface area contributed by atoms with Crippen LogP contribution < -0.4 is 5.73 Å². The molecule has 0 spiro atoms. The van der Waals surface area contributed by atoms with Crippen molar-refractivity contribution in [1.82, 2.24) is 15.0 Å². The number of fused-ring (bicyclic) bond motifs is 1. The lowest BCUT2D eigenvalue weighted by Crippen LogP contribution is -2.14. The minimum Gasteiger partial charge on any atom is -0.339 e. The van der Waals surface area contributed by atoms with Gasteiger partial charge in [0.1, 0.15) is 5.82 Å². The highest BCUT2D eigenvalue weighted by Gasteiger charge is 2.13. The van der Waals surface area contributed by atoms with Gasteiger partial charge in [-0.05, 0) is 30.5 Å². The molecule has 0 aliphatic rings. The van der Waals surface area contributed by atoms with Crippen molar-refractivity contribution in [2.24, 2.45) is 5.73 Å². The molecule has 4 heteroatoms. The maximum absolute atomic E-state index is 6.22. The number of aryl methyl sites for hydroxylation is 1. The molecule has 0 aliphatic heterocycles. The summed E-state index contributed by atoms with van der Waals surface area (Å²) >= 11 is 0. The molecule has 0 aliphatic carbocycles. The molecule has 1 atom stereocenters. The topological polar surface area (TPSA) is 67.6 Å². The number of hydrogen-bond donors (Lipinski definition) is 2. The van der Waals surface area contributed by atoms with Crippen molar-refractivity contribution in [1.29, 1.82) is 0 Å². The van der Waals surface area contributed by atoms with E-state index >= 15 is 0 Å². The number of nitrogens with two attached hydrogens (primary N) is 1. The number of nitrogens with zero attached hydrogens (tertiary/aromatic N) is 2. The summed E-state index contributed by atoms with van der Waals surface area (Å²) in [7, 11) is 0. The highest BCUT2D eigenvalue weighted by Crippen LogP contribution is 2.18. The Balaban J connectivity index is 1.89. The monoisotopic (exact) mass is 252 g/mol. The first kappa shape index (κ1) is 11.9. The zero-order chi connectivity index (χ0) is 13.2. The van der Waals surface area contributed by atoms with Crippen LogP contribution in [-0.4, -0.2) is 15.0 Å². The van der Waals surface area contributed by atoms with Crippen LogP contribution in [0.15, 0.2) is 42.6 Å². The Hall–Kier alpha value is -2.20. The summed E-state index contributed by atoms with van der Waals surface area (Å²) in [6, 6.07) is 12.0. The first-order valence-corrected chi connectivity index (χ1v) is 6.35. The molecule has 0 radical (unpaired) electrons. The molecule has 96 valence electrons. The second-order valence-electron chi connectivity index (χ2n) is 4.74. The maximum Gasteiger partial charge on any atom is 0.178 e. The van der Waals surface area contributed by atoms with E-state index in [1.54, 1.807) is 6.20 Å². The number of imidazole rings is 1. The smallest absolute Gasteiger partial charge is 0.178 e. The number of hydrogen-bond acceptors (Lipinski definition) is 3. The molecule has 0 amide bonds. The molecule has 3 rings (SSSR count). The van der Waals surface area contributed by atoms with Gasteiger partial charge in [-0.25, -0.2) is 9.97 Å². The summed E-state index contributed by atoms with van der Waals surface area (Å²) in [5.74, 6) is 0.792. The molecule has 3 N–H and O–H groups in total. The Morgan fingerprint density at radius 1 is 1.21 bits per heavy atom. The van der Waals surface area contributed by atoms with Crippen molar-refractivity contribution in [3.8, 4) is 0 Å². The molecule has 1 unspecified atom stereocenters. The van der Waals surface area contributed by atoms with Gasteiger partial charge in [-0.15, -0.1) is 0 Å². The lowest BCUT2D eigenvalue weighted by molar-refractivity contribution is 0.680. The first-order valence-electron chi connectivity index (χ1n) is 6.35. The Kier molecular flexibility index (Phi) is 3.01. The van der Waals surface area contributed by atoms with Gasteiger partial charge in [0, 0.05) is 6.20 Å². The molecule has 19 heavy (non-hydrogen) atoms. The van der Waals surface area contributed by atoms with Crippen LogP contribution in [0.5, 0.6) is 0 Å². The van der Waals surface area contributed by atoms with Crippen LogP contribution in [0.1, 0.15) is 23.0 Å². The largest absolute Gasteiger partial charge is 0.339 e. The third kappa shape index (κ3) is 2.35. The van der Waals surface area contributed by atoms with E-state index in [-0.39, 0.29) is 6.04 Å². The second kappa shape index (κ2) is 4.82. The van der Waals surface area contributed by atoms with Gasteiger partial charge in [0.15, 0.2) is 5.65 Å². The van der Waals surface area contributed by atoms with E-state index in [0.29, 0.717) is 0 Å². The number of H-pyrrole nitrogens is 1. The van der Waals surface area contributed by atoms with Gasteiger partial charge in [0.25, 0.3) is 0 Å². The molecule has 1 aromatic carbocycles. The quantitative estimate of drug-likeness (QED) is 0.752. The molecule has 4 nitrogen and oxygen atoms in total. The average Bonchev–Trinajstić information content (AvgIpc) is 2.85. The summed E-state index contributed by atoms with van der Waals surface area (Å²) in [6.07, 6.45) is 2.53. The van der Waals surface area contributed by atoms with Crippen LogP contribution in [0.2, 0.25) is 0 Å². The zero-order valence-corrected chi connectivity index (χ0v) is 10.8. The van der Waals surface area contributed by atoms with Crippen LogP contribution in [0, 0.1) is 6.92 Å². The molecule has 0 saturated carbocycles. The van der Waals surface area contributed by atoms with E-state index in [0.717, 1.165) is 29.0 Å². The van der Waals surface area contributed by atoms with Crippen LogP contribution >= 0.6 is 0 Å². The zero-order valence-electron chi connectivity index (χ0n) is 10.8. The van der Waals surface area contributed by atoms with Gasteiger partial charge >= 0.3 is 0 Å². The van der Waals surface area contributed by atoms with Crippen LogP contribution in [0.4, 0.5) is 0 Å². The molecular weight excluding hydrogens is 236 g/mol. The highest BCUT2D eigenvalue weighted by molar-refractivity contribution is 5.74. The van der Waals surface area contributed by atoms with Crippen LogP contribution in [-0.2, 0) is 6.42 Å².